The number of sulfonamides is 1. The highest BCUT2D eigenvalue weighted by molar-refractivity contribution is 7.92. The van der Waals surface area contributed by atoms with Crippen LogP contribution in [0.3, 0.4) is 0 Å². The van der Waals surface area contributed by atoms with Crippen LogP contribution in [-0.2, 0) is 10.0 Å². The number of carbonyl (C=O) groups excluding carboxylic acids is 1. The van der Waals surface area contributed by atoms with Gasteiger partial charge in [0, 0.05) is 11.1 Å². The average Bonchev–Trinajstić information content (AvgIpc) is 2.55. The molecule has 134 valence electrons. The molecule has 2 N–H and O–H groups in total. The molecule has 7 heteroatoms. The van der Waals surface area contributed by atoms with E-state index < -0.39 is 10.0 Å². The summed E-state index contributed by atoms with van der Waals surface area (Å²) in [6.45, 7) is 3.62. The van der Waals surface area contributed by atoms with Crippen molar-refractivity contribution in [2.75, 3.05) is 18.1 Å². The fraction of sp³-hybridized carbons (Fsp3) is 0.278. The summed E-state index contributed by atoms with van der Waals surface area (Å²) in [5.74, 6) is 0.464. The molecule has 0 aliphatic heterocycles. The van der Waals surface area contributed by atoms with E-state index in [0.29, 0.717) is 22.6 Å². The molecular weight excluding hydrogens is 340 g/mol. The van der Waals surface area contributed by atoms with Crippen molar-refractivity contribution in [3.63, 3.8) is 0 Å². The Hall–Kier alpha value is -2.54. The lowest BCUT2D eigenvalue weighted by Gasteiger charge is -2.17. The third-order valence-electron chi connectivity index (χ3n) is 3.74. The van der Waals surface area contributed by atoms with Gasteiger partial charge in [0.05, 0.1) is 25.1 Å². The molecule has 0 aliphatic carbocycles. The lowest BCUT2D eigenvalue weighted by atomic mass is 10.1. The van der Waals surface area contributed by atoms with Gasteiger partial charge in [-0.3, -0.25) is 9.52 Å². The molecule has 25 heavy (non-hydrogen) atoms. The Morgan fingerprint density at radius 3 is 2.44 bits per heavy atom. The summed E-state index contributed by atoms with van der Waals surface area (Å²) >= 11 is 0. The van der Waals surface area contributed by atoms with E-state index in [0.717, 1.165) is 11.8 Å². The molecule has 0 saturated heterocycles. The Bertz CT molecular complexity index is 878. The Morgan fingerprint density at radius 1 is 1.16 bits per heavy atom. The van der Waals surface area contributed by atoms with Crippen LogP contribution in [0, 0.1) is 6.92 Å². The Balaban J connectivity index is 2.17. The van der Waals surface area contributed by atoms with E-state index in [1.54, 1.807) is 32.2 Å². The molecule has 0 saturated carbocycles. The normalized spacial score (nSPS) is 12.3. The Labute approximate surface area is 148 Å². The molecule has 2 aromatic rings. The molecule has 0 spiro atoms. The first-order valence-corrected chi connectivity index (χ1v) is 9.62. The first kappa shape index (κ1) is 18.8. The quantitative estimate of drug-likeness (QED) is 0.827. The maximum absolute atomic E-state index is 12.5. The molecule has 0 heterocycles. The fourth-order valence-electron chi connectivity index (χ4n) is 2.50. The summed E-state index contributed by atoms with van der Waals surface area (Å²) in [4.78, 5) is 12.5. The molecule has 0 unspecified atom stereocenters. The molecular formula is C18H22N2O4S. The van der Waals surface area contributed by atoms with E-state index >= 15 is 0 Å². The molecule has 6 nitrogen and oxygen atoms in total. The van der Waals surface area contributed by atoms with Gasteiger partial charge in [0.2, 0.25) is 10.0 Å². The lowest BCUT2D eigenvalue weighted by molar-refractivity contribution is 0.0939. The molecule has 0 aliphatic rings. The van der Waals surface area contributed by atoms with E-state index in [1.165, 1.54) is 0 Å². The first-order chi connectivity index (χ1) is 11.7. The maximum Gasteiger partial charge on any atom is 0.251 e. The minimum atomic E-state index is -3.36. The predicted molar refractivity (Wildman–Crippen MR) is 98.5 cm³/mol. The number of para-hydroxylation sites is 1. The van der Waals surface area contributed by atoms with Crippen molar-refractivity contribution in [3.05, 3.63) is 59.2 Å². The maximum atomic E-state index is 12.5. The average molecular weight is 362 g/mol. The third-order valence-corrected chi connectivity index (χ3v) is 4.33. The molecule has 1 atom stereocenters. The van der Waals surface area contributed by atoms with Crippen LogP contribution in [0.15, 0.2) is 42.5 Å². The van der Waals surface area contributed by atoms with Crippen LogP contribution >= 0.6 is 0 Å². The van der Waals surface area contributed by atoms with Crippen LogP contribution in [0.2, 0.25) is 0 Å². The largest absolute Gasteiger partial charge is 0.496 e. The van der Waals surface area contributed by atoms with Gasteiger partial charge in [-0.05, 0) is 43.7 Å². The van der Waals surface area contributed by atoms with Crippen LogP contribution < -0.4 is 14.8 Å². The number of aryl methyl sites for hydroxylation is 1. The number of hydrogen-bond donors (Lipinski definition) is 2. The van der Waals surface area contributed by atoms with Crippen molar-refractivity contribution < 1.29 is 17.9 Å². The second-order valence-electron chi connectivity index (χ2n) is 5.84. The topological polar surface area (TPSA) is 84.5 Å². The van der Waals surface area contributed by atoms with Crippen LogP contribution in [-0.4, -0.2) is 27.7 Å². The molecule has 1 amide bonds. The van der Waals surface area contributed by atoms with Gasteiger partial charge in [0.15, 0.2) is 0 Å². The zero-order valence-electron chi connectivity index (χ0n) is 14.7. The first-order valence-electron chi connectivity index (χ1n) is 7.73. The summed E-state index contributed by atoms with van der Waals surface area (Å²) < 4.78 is 30.4. The van der Waals surface area contributed by atoms with E-state index in [4.69, 9.17) is 4.74 Å². The second kappa shape index (κ2) is 7.57. The van der Waals surface area contributed by atoms with Crippen LogP contribution in [0.5, 0.6) is 5.75 Å². The van der Waals surface area contributed by atoms with Crippen molar-refractivity contribution in [1.82, 2.24) is 5.32 Å². The number of amides is 1. The molecule has 0 fully saturated rings. The predicted octanol–water partition coefficient (Wildman–Crippen LogP) is 2.87. The zero-order valence-corrected chi connectivity index (χ0v) is 15.5. The SMILES string of the molecule is COc1ccccc1[C@H](C)NC(=O)c1ccc(NS(C)(=O)=O)c(C)c1. The van der Waals surface area contributed by atoms with Gasteiger partial charge in [-0.1, -0.05) is 18.2 Å². The van der Waals surface area contributed by atoms with Crippen molar-refractivity contribution in [3.8, 4) is 5.75 Å². The van der Waals surface area contributed by atoms with Crippen molar-refractivity contribution in [2.24, 2.45) is 0 Å². The number of methoxy groups -OCH3 is 1. The van der Waals surface area contributed by atoms with Gasteiger partial charge in [-0.2, -0.15) is 0 Å². The zero-order chi connectivity index (χ0) is 18.6. The molecule has 2 rings (SSSR count). The fourth-order valence-corrected chi connectivity index (χ4v) is 3.13. The summed E-state index contributed by atoms with van der Waals surface area (Å²) in [7, 11) is -1.77. The number of rotatable bonds is 6. The van der Waals surface area contributed by atoms with E-state index in [1.807, 2.05) is 31.2 Å². The molecule has 0 bridgehead atoms. The van der Waals surface area contributed by atoms with Crippen molar-refractivity contribution in [2.45, 2.75) is 19.9 Å². The van der Waals surface area contributed by atoms with Crippen molar-refractivity contribution in [1.29, 1.82) is 0 Å². The highest BCUT2D eigenvalue weighted by atomic mass is 32.2. The molecule has 2 aromatic carbocycles. The summed E-state index contributed by atoms with van der Waals surface area (Å²) in [5, 5.41) is 2.92. The number of carbonyl (C=O) groups is 1. The van der Waals surface area contributed by atoms with Crippen molar-refractivity contribution >= 4 is 21.6 Å². The Kier molecular flexibility index (Phi) is 5.69. The number of ether oxygens (including phenoxy) is 1. The number of benzene rings is 2. The van der Waals surface area contributed by atoms with Gasteiger partial charge in [-0.15, -0.1) is 0 Å². The third kappa shape index (κ3) is 4.96. The lowest BCUT2D eigenvalue weighted by Crippen LogP contribution is -2.27. The Morgan fingerprint density at radius 2 is 1.84 bits per heavy atom. The van der Waals surface area contributed by atoms with Gasteiger partial charge in [0.25, 0.3) is 5.91 Å². The summed E-state index contributed by atoms with van der Waals surface area (Å²) in [6, 6.07) is 12.1. The van der Waals surface area contributed by atoms with Crippen LogP contribution in [0.1, 0.15) is 34.5 Å². The minimum absolute atomic E-state index is 0.238. The number of hydrogen-bond acceptors (Lipinski definition) is 4. The van der Waals surface area contributed by atoms with E-state index in [9.17, 15) is 13.2 Å². The van der Waals surface area contributed by atoms with E-state index in [2.05, 4.69) is 10.0 Å². The number of anilines is 1. The summed E-state index contributed by atoms with van der Waals surface area (Å²) in [6.07, 6.45) is 1.09. The monoisotopic (exact) mass is 362 g/mol. The molecule has 0 aromatic heterocycles. The van der Waals surface area contributed by atoms with Crippen LogP contribution in [0.4, 0.5) is 5.69 Å². The van der Waals surface area contributed by atoms with Gasteiger partial charge < -0.3 is 10.1 Å². The van der Waals surface area contributed by atoms with E-state index in [-0.39, 0.29) is 11.9 Å². The van der Waals surface area contributed by atoms with Gasteiger partial charge >= 0.3 is 0 Å². The standard InChI is InChI=1S/C18H22N2O4S/c1-12-11-14(9-10-16(12)20-25(4,22)23)18(21)19-13(2)15-7-5-6-8-17(15)24-3/h5-11,13,20H,1-4H3,(H,19,21)/t13-/m0/s1. The van der Waals surface area contributed by atoms with Gasteiger partial charge in [0.1, 0.15) is 5.75 Å². The molecule has 0 radical (unpaired) electrons. The smallest absolute Gasteiger partial charge is 0.251 e. The summed E-state index contributed by atoms with van der Waals surface area (Å²) in [5.41, 5.74) is 2.46. The number of nitrogens with one attached hydrogen (secondary N) is 2. The second-order valence-corrected chi connectivity index (χ2v) is 7.59. The van der Waals surface area contributed by atoms with Crippen LogP contribution in [0.25, 0.3) is 0 Å². The highest BCUT2D eigenvalue weighted by Crippen LogP contribution is 2.25. The highest BCUT2D eigenvalue weighted by Gasteiger charge is 2.16. The van der Waals surface area contributed by atoms with Gasteiger partial charge in [-0.25, -0.2) is 8.42 Å². The minimum Gasteiger partial charge on any atom is -0.496 e.